The van der Waals surface area contributed by atoms with Gasteiger partial charge in [0.25, 0.3) is 5.56 Å². The van der Waals surface area contributed by atoms with Gasteiger partial charge < -0.3 is 15.2 Å². The third-order valence-corrected chi connectivity index (χ3v) is 3.92. The SMILES string of the molecule is Cc1cc(F)cc(CO)c1-c1ccc2c(=O)[nH]c(C(=O)O)cc2c1. The molecule has 0 atom stereocenters. The molecule has 0 aliphatic carbocycles. The van der Waals surface area contributed by atoms with Gasteiger partial charge >= 0.3 is 5.97 Å². The van der Waals surface area contributed by atoms with Gasteiger partial charge in [-0.1, -0.05) is 6.07 Å². The Hall–Kier alpha value is -2.99. The van der Waals surface area contributed by atoms with Gasteiger partial charge in [-0.25, -0.2) is 9.18 Å². The molecule has 3 N–H and O–H groups in total. The second-order valence-corrected chi connectivity index (χ2v) is 5.53. The number of aromatic carboxylic acids is 1. The van der Waals surface area contributed by atoms with Crippen molar-refractivity contribution in [2.75, 3.05) is 0 Å². The molecule has 24 heavy (non-hydrogen) atoms. The number of rotatable bonds is 3. The first-order chi connectivity index (χ1) is 11.4. The zero-order chi connectivity index (χ0) is 17.4. The molecule has 2 aromatic carbocycles. The van der Waals surface area contributed by atoms with Crippen LogP contribution in [0, 0.1) is 12.7 Å². The Balaban J connectivity index is 2.29. The molecule has 6 heteroatoms. The fourth-order valence-electron chi connectivity index (χ4n) is 2.89. The molecule has 5 nitrogen and oxygen atoms in total. The lowest BCUT2D eigenvalue weighted by Gasteiger charge is -2.13. The molecule has 1 heterocycles. The number of aryl methyl sites for hydroxylation is 1. The van der Waals surface area contributed by atoms with Gasteiger partial charge in [0.1, 0.15) is 11.5 Å². The highest BCUT2D eigenvalue weighted by Gasteiger charge is 2.13. The summed E-state index contributed by atoms with van der Waals surface area (Å²) in [4.78, 5) is 25.4. The van der Waals surface area contributed by atoms with Crippen molar-refractivity contribution in [1.82, 2.24) is 4.98 Å². The summed E-state index contributed by atoms with van der Waals surface area (Å²) in [5.41, 5.74) is 1.71. The number of aliphatic hydroxyl groups is 1. The van der Waals surface area contributed by atoms with Crippen LogP contribution in [0.1, 0.15) is 21.6 Å². The van der Waals surface area contributed by atoms with Crippen LogP contribution in [-0.4, -0.2) is 21.2 Å². The van der Waals surface area contributed by atoms with Crippen molar-refractivity contribution < 1.29 is 19.4 Å². The highest BCUT2D eigenvalue weighted by Crippen LogP contribution is 2.30. The predicted molar refractivity (Wildman–Crippen MR) is 87.6 cm³/mol. The molecule has 1 aromatic heterocycles. The van der Waals surface area contributed by atoms with E-state index in [1.165, 1.54) is 18.2 Å². The normalized spacial score (nSPS) is 11.0. The fourth-order valence-corrected chi connectivity index (χ4v) is 2.89. The molecule has 0 saturated carbocycles. The molecule has 3 rings (SSSR count). The van der Waals surface area contributed by atoms with E-state index in [9.17, 15) is 19.1 Å². The van der Waals surface area contributed by atoms with Gasteiger partial charge in [0, 0.05) is 5.39 Å². The van der Waals surface area contributed by atoms with Crippen LogP contribution in [0.5, 0.6) is 0 Å². The molecule has 0 bridgehead atoms. The molecule has 3 aromatic rings. The van der Waals surface area contributed by atoms with Crippen LogP contribution in [0.3, 0.4) is 0 Å². The Labute approximate surface area is 136 Å². The number of fused-ring (bicyclic) bond motifs is 1. The van der Waals surface area contributed by atoms with Crippen molar-refractivity contribution in [3.8, 4) is 11.1 Å². The second kappa shape index (κ2) is 5.90. The van der Waals surface area contributed by atoms with Crippen LogP contribution in [0.4, 0.5) is 4.39 Å². The summed E-state index contributed by atoms with van der Waals surface area (Å²) >= 11 is 0. The number of aromatic nitrogens is 1. The van der Waals surface area contributed by atoms with Crippen LogP contribution in [0.25, 0.3) is 21.9 Å². The van der Waals surface area contributed by atoms with Gasteiger partial charge in [0.15, 0.2) is 0 Å². The molecule has 0 amide bonds. The maximum absolute atomic E-state index is 13.5. The van der Waals surface area contributed by atoms with E-state index in [4.69, 9.17) is 5.11 Å². The fraction of sp³-hybridized carbons (Fsp3) is 0.111. The van der Waals surface area contributed by atoms with Crippen molar-refractivity contribution in [3.05, 3.63) is 69.4 Å². The second-order valence-electron chi connectivity index (χ2n) is 5.53. The van der Waals surface area contributed by atoms with E-state index in [0.717, 1.165) is 0 Å². The van der Waals surface area contributed by atoms with E-state index in [2.05, 4.69) is 4.98 Å². The number of carboxylic acid groups (broad SMARTS) is 1. The molecule has 0 saturated heterocycles. The number of carboxylic acids is 1. The van der Waals surface area contributed by atoms with Gasteiger partial charge in [0.2, 0.25) is 0 Å². The van der Waals surface area contributed by atoms with E-state index in [1.807, 2.05) is 0 Å². The van der Waals surface area contributed by atoms with Gasteiger partial charge in [-0.05, 0) is 64.9 Å². The molecular weight excluding hydrogens is 313 g/mol. The Morgan fingerprint density at radius 2 is 1.96 bits per heavy atom. The molecular formula is C18H14FNO4. The van der Waals surface area contributed by atoms with E-state index in [0.29, 0.717) is 33.0 Å². The highest BCUT2D eigenvalue weighted by molar-refractivity contribution is 5.94. The standard InChI is InChI=1S/C18H14FNO4/c1-9-4-13(19)6-12(8-21)16(9)10-2-3-14-11(5-10)7-15(18(23)24)20-17(14)22/h2-7,21H,8H2,1H3,(H,20,22)(H,23,24). The summed E-state index contributed by atoms with van der Waals surface area (Å²) in [6.45, 7) is 1.39. The first-order valence-electron chi connectivity index (χ1n) is 7.21. The van der Waals surface area contributed by atoms with E-state index < -0.39 is 17.3 Å². The quantitative estimate of drug-likeness (QED) is 0.690. The van der Waals surface area contributed by atoms with Gasteiger partial charge in [-0.15, -0.1) is 0 Å². The zero-order valence-corrected chi connectivity index (χ0v) is 12.8. The number of halogens is 1. The van der Waals surface area contributed by atoms with Crippen LogP contribution in [0.2, 0.25) is 0 Å². The Bertz CT molecular complexity index is 1020. The number of aromatic amines is 1. The number of hydrogen-bond acceptors (Lipinski definition) is 3. The molecule has 0 spiro atoms. The largest absolute Gasteiger partial charge is 0.477 e. The predicted octanol–water partition coefficient (Wildman–Crippen LogP) is 2.83. The number of aliphatic hydroxyl groups excluding tert-OH is 1. The van der Waals surface area contributed by atoms with Crippen LogP contribution in [-0.2, 0) is 6.61 Å². The average molecular weight is 327 g/mol. The molecule has 0 radical (unpaired) electrons. The minimum atomic E-state index is -1.23. The third kappa shape index (κ3) is 2.68. The van der Waals surface area contributed by atoms with E-state index in [1.54, 1.807) is 25.1 Å². The van der Waals surface area contributed by atoms with Crippen LogP contribution < -0.4 is 5.56 Å². The summed E-state index contributed by atoms with van der Waals surface area (Å²) in [6, 6.07) is 8.93. The maximum Gasteiger partial charge on any atom is 0.352 e. The van der Waals surface area contributed by atoms with Crippen molar-refractivity contribution in [2.24, 2.45) is 0 Å². The number of H-pyrrole nitrogens is 1. The lowest BCUT2D eigenvalue weighted by molar-refractivity contribution is 0.0690. The summed E-state index contributed by atoms with van der Waals surface area (Å²) < 4.78 is 13.5. The Morgan fingerprint density at radius 1 is 1.21 bits per heavy atom. The van der Waals surface area contributed by atoms with Gasteiger partial charge in [-0.3, -0.25) is 4.79 Å². The lowest BCUT2D eigenvalue weighted by atomic mass is 9.93. The minimum absolute atomic E-state index is 0.206. The van der Waals surface area contributed by atoms with Gasteiger partial charge in [-0.2, -0.15) is 0 Å². The highest BCUT2D eigenvalue weighted by atomic mass is 19.1. The average Bonchev–Trinajstić information content (AvgIpc) is 2.53. The maximum atomic E-state index is 13.5. The molecule has 0 fully saturated rings. The number of carbonyl (C=O) groups is 1. The molecule has 122 valence electrons. The first-order valence-corrected chi connectivity index (χ1v) is 7.21. The smallest absolute Gasteiger partial charge is 0.352 e. The molecule has 0 unspecified atom stereocenters. The first kappa shape index (κ1) is 15.9. The number of benzene rings is 2. The lowest BCUT2D eigenvalue weighted by Crippen LogP contribution is -2.12. The topological polar surface area (TPSA) is 90.4 Å². The van der Waals surface area contributed by atoms with E-state index in [-0.39, 0.29) is 12.3 Å². The zero-order valence-electron chi connectivity index (χ0n) is 12.8. The summed E-state index contributed by atoms with van der Waals surface area (Å²) in [7, 11) is 0. The summed E-state index contributed by atoms with van der Waals surface area (Å²) in [6.07, 6.45) is 0. The van der Waals surface area contributed by atoms with Crippen molar-refractivity contribution in [2.45, 2.75) is 13.5 Å². The Kier molecular flexibility index (Phi) is 3.91. The molecule has 0 aliphatic rings. The van der Waals surface area contributed by atoms with Crippen LogP contribution >= 0.6 is 0 Å². The van der Waals surface area contributed by atoms with Crippen molar-refractivity contribution in [3.63, 3.8) is 0 Å². The monoisotopic (exact) mass is 327 g/mol. The van der Waals surface area contributed by atoms with Crippen molar-refractivity contribution in [1.29, 1.82) is 0 Å². The number of nitrogens with one attached hydrogen (secondary N) is 1. The van der Waals surface area contributed by atoms with Gasteiger partial charge in [0.05, 0.1) is 6.61 Å². The summed E-state index contributed by atoms with van der Waals surface area (Å²) in [5, 5.41) is 19.4. The van der Waals surface area contributed by atoms with E-state index >= 15 is 0 Å². The Morgan fingerprint density at radius 3 is 2.62 bits per heavy atom. The van der Waals surface area contributed by atoms with Crippen molar-refractivity contribution >= 4 is 16.7 Å². The molecule has 0 aliphatic heterocycles. The third-order valence-electron chi connectivity index (χ3n) is 3.92. The minimum Gasteiger partial charge on any atom is -0.477 e. The number of hydrogen-bond donors (Lipinski definition) is 3. The van der Waals surface area contributed by atoms with Crippen LogP contribution in [0.15, 0.2) is 41.2 Å². The number of pyridine rings is 1. The summed E-state index contributed by atoms with van der Waals surface area (Å²) in [5.74, 6) is -1.67.